The van der Waals surface area contributed by atoms with Gasteiger partial charge in [-0.25, -0.2) is 0 Å². The number of nitrogens with zero attached hydrogens (tertiary/aromatic N) is 2. The van der Waals surface area contributed by atoms with Gasteiger partial charge in [-0.15, -0.1) is 0 Å². The zero-order valence-electron chi connectivity index (χ0n) is 9.19. The lowest BCUT2D eigenvalue weighted by Crippen LogP contribution is -2.43. The monoisotopic (exact) mass is 209 g/mol. The molecular weight excluding hydrogens is 190 g/mol. The van der Waals surface area contributed by atoms with Gasteiger partial charge < -0.3 is 10.8 Å². The van der Waals surface area contributed by atoms with Gasteiger partial charge >= 0.3 is 0 Å². The standard InChI is InChI=1S/C11H19N3O/c1-14-10(3-6-13-14)9(7-12)11(8-15)4-2-5-11/h3,6,9,15H,2,4-5,7-8,12H2,1H3/t9-/m0/s1. The molecule has 1 aliphatic carbocycles. The normalized spacial score (nSPS) is 21.0. The fourth-order valence-electron chi connectivity index (χ4n) is 2.66. The van der Waals surface area contributed by atoms with Crippen LogP contribution in [0.1, 0.15) is 30.9 Å². The molecule has 84 valence electrons. The first-order valence-corrected chi connectivity index (χ1v) is 5.52. The third kappa shape index (κ3) is 1.58. The lowest BCUT2D eigenvalue weighted by atomic mass is 9.60. The van der Waals surface area contributed by atoms with E-state index in [4.69, 9.17) is 5.73 Å². The highest BCUT2D eigenvalue weighted by Gasteiger charge is 2.44. The number of aliphatic hydroxyl groups is 1. The van der Waals surface area contributed by atoms with Crippen LogP contribution in [-0.2, 0) is 7.05 Å². The van der Waals surface area contributed by atoms with Crippen molar-refractivity contribution in [2.75, 3.05) is 13.2 Å². The maximum atomic E-state index is 9.54. The third-order valence-corrected chi connectivity index (χ3v) is 3.85. The molecule has 3 N–H and O–H groups in total. The highest BCUT2D eigenvalue weighted by Crippen LogP contribution is 2.50. The van der Waals surface area contributed by atoms with E-state index in [0.717, 1.165) is 18.5 Å². The van der Waals surface area contributed by atoms with Crippen molar-refractivity contribution < 1.29 is 5.11 Å². The third-order valence-electron chi connectivity index (χ3n) is 3.85. The lowest BCUT2D eigenvalue weighted by molar-refractivity contribution is 0.0168. The van der Waals surface area contributed by atoms with Crippen LogP contribution >= 0.6 is 0 Å². The molecule has 0 aromatic carbocycles. The number of nitrogens with two attached hydrogens (primary N) is 1. The highest BCUT2D eigenvalue weighted by molar-refractivity contribution is 5.15. The Morgan fingerprint density at radius 2 is 2.40 bits per heavy atom. The number of aryl methyl sites for hydroxylation is 1. The number of aromatic nitrogens is 2. The molecule has 4 nitrogen and oxygen atoms in total. The van der Waals surface area contributed by atoms with Gasteiger partial charge in [-0.3, -0.25) is 4.68 Å². The van der Waals surface area contributed by atoms with Crippen LogP contribution in [-0.4, -0.2) is 28.0 Å². The van der Waals surface area contributed by atoms with Crippen molar-refractivity contribution in [2.24, 2.45) is 18.2 Å². The molecule has 0 radical (unpaired) electrons. The first-order valence-electron chi connectivity index (χ1n) is 5.52. The quantitative estimate of drug-likeness (QED) is 0.764. The molecule has 0 spiro atoms. The van der Waals surface area contributed by atoms with Crippen molar-refractivity contribution in [2.45, 2.75) is 25.2 Å². The van der Waals surface area contributed by atoms with E-state index >= 15 is 0 Å². The fraction of sp³-hybridized carbons (Fsp3) is 0.727. The number of hydrogen-bond donors (Lipinski definition) is 2. The maximum absolute atomic E-state index is 9.54. The largest absolute Gasteiger partial charge is 0.396 e. The molecular formula is C11H19N3O. The van der Waals surface area contributed by atoms with Crippen molar-refractivity contribution >= 4 is 0 Å². The summed E-state index contributed by atoms with van der Waals surface area (Å²) in [6, 6.07) is 2.01. The summed E-state index contributed by atoms with van der Waals surface area (Å²) in [6.45, 7) is 0.820. The second-order valence-electron chi connectivity index (χ2n) is 4.54. The Morgan fingerprint density at radius 1 is 1.67 bits per heavy atom. The second-order valence-corrected chi connectivity index (χ2v) is 4.54. The molecule has 1 aliphatic rings. The van der Waals surface area contributed by atoms with Crippen LogP contribution in [0.15, 0.2) is 12.3 Å². The molecule has 1 atom stereocenters. The Hall–Kier alpha value is -0.870. The number of hydrogen-bond acceptors (Lipinski definition) is 3. The van der Waals surface area contributed by atoms with E-state index in [2.05, 4.69) is 5.10 Å². The Balaban J connectivity index is 2.27. The minimum atomic E-state index is 0.0164. The van der Waals surface area contributed by atoms with Crippen LogP contribution in [0.4, 0.5) is 0 Å². The van der Waals surface area contributed by atoms with Crippen molar-refractivity contribution in [3.63, 3.8) is 0 Å². The van der Waals surface area contributed by atoms with Gasteiger partial charge in [0.25, 0.3) is 0 Å². The molecule has 1 fully saturated rings. The first kappa shape index (κ1) is 10.6. The van der Waals surface area contributed by atoms with Gasteiger partial charge in [0.15, 0.2) is 0 Å². The predicted octanol–water partition coefficient (Wildman–Crippen LogP) is 0.625. The van der Waals surface area contributed by atoms with Gasteiger partial charge in [-0.05, 0) is 18.9 Å². The average molecular weight is 209 g/mol. The van der Waals surface area contributed by atoms with Gasteiger partial charge in [-0.1, -0.05) is 6.42 Å². The van der Waals surface area contributed by atoms with E-state index in [1.165, 1.54) is 6.42 Å². The van der Waals surface area contributed by atoms with Gasteiger partial charge in [0.2, 0.25) is 0 Å². The van der Waals surface area contributed by atoms with Crippen molar-refractivity contribution in [1.29, 1.82) is 0 Å². The van der Waals surface area contributed by atoms with Crippen LogP contribution in [0, 0.1) is 5.41 Å². The van der Waals surface area contributed by atoms with Crippen LogP contribution in [0.25, 0.3) is 0 Å². The summed E-state index contributed by atoms with van der Waals surface area (Å²) in [7, 11) is 1.93. The molecule has 15 heavy (non-hydrogen) atoms. The summed E-state index contributed by atoms with van der Waals surface area (Å²) in [5.41, 5.74) is 7.01. The minimum absolute atomic E-state index is 0.0164. The topological polar surface area (TPSA) is 64.1 Å². The van der Waals surface area contributed by atoms with Crippen LogP contribution in [0.5, 0.6) is 0 Å². The summed E-state index contributed by atoms with van der Waals surface area (Å²) in [6.07, 6.45) is 5.16. The van der Waals surface area contributed by atoms with Crippen molar-refractivity contribution in [1.82, 2.24) is 9.78 Å². The summed E-state index contributed by atoms with van der Waals surface area (Å²) in [5.74, 6) is 0.240. The molecule has 2 rings (SSSR count). The second kappa shape index (κ2) is 3.94. The SMILES string of the molecule is Cn1nccc1[C@H](CN)C1(CO)CCC1. The number of aliphatic hydroxyl groups excluding tert-OH is 1. The van der Waals surface area contributed by atoms with Gasteiger partial charge in [-0.2, -0.15) is 5.10 Å². The Morgan fingerprint density at radius 3 is 2.73 bits per heavy atom. The Labute approximate surface area is 90.1 Å². The zero-order valence-corrected chi connectivity index (χ0v) is 9.19. The molecule has 4 heteroatoms. The average Bonchev–Trinajstić information content (AvgIpc) is 2.58. The van der Waals surface area contributed by atoms with E-state index in [-0.39, 0.29) is 17.9 Å². The van der Waals surface area contributed by atoms with E-state index in [1.807, 2.05) is 17.8 Å². The first-order chi connectivity index (χ1) is 7.23. The van der Waals surface area contributed by atoms with Gasteiger partial charge in [0.1, 0.15) is 0 Å². The fourth-order valence-corrected chi connectivity index (χ4v) is 2.66. The summed E-state index contributed by atoms with van der Waals surface area (Å²) in [4.78, 5) is 0. The molecule has 0 unspecified atom stereocenters. The maximum Gasteiger partial charge on any atom is 0.0494 e. The molecule has 1 heterocycles. The van der Waals surface area contributed by atoms with E-state index in [1.54, 1.807) is 6.20 Å². The molecule has 0 aliphatic heterocycles. The van der Waals surface area contributed by atoms with Crippen LogP contribution in [0.2, 0.25) is 0 Å². The Bertz CT molecular complexity index is 325. The van der Waals surface area contributed by atoms with E-state index < -0.39 is 0 Å². The summed E-state index contributed by atoms with van der Waals surface area (Å²) < 4.78 is 1.87. The molecule has 0 saturated heterocycles. The molecule has 0 amide bonds. The van der Waals surface area contributed by atoms with Gasteiger partial charge in [0, 0.05) is 43.4 Å². The van der Waals surface area contributed by atoms with Crippen LogP contribution in [0.3, 0.4) is 0 Å². The van der Waals surface area contributed by atoms with Gasteiger partial charge in [0.05, 0.1) is 0 Å². The molecule has 1 aromatic heterocycles. The lowest BCUT2D eigenvalue weighted by Gasteiger charge is -2.46. The van der Waals surface area contributed by atoms with Crippen molar-refractivity contribution in [3.05, 3.63) is 18.0 Å². The van der Waals surface area contributed by atoms with Crippen LogP contribution < -0.4 is 5.73 Å². The molecule has 1 saturated carbocycles. The highest BCUT2D eigenvalue weighted by atomic mass is 16.3. The predicted molar refractivity (Wildman–Crippen MR) is 58.4 cm³/mol. The summed E-state index contributed by atoms with van der Waals surface area (Å²) in [5, 5.41) is 13.7. The zero-order chi connectivity index (χ0) is 10.9. The summed E-state index contributed by atoms with van der Waals surface area (Å²) >= 11 is 0. The number of rotatable bonds is 4. The smallest absolute Gasteiger partial charge is 0.0494 e. The minimum Gasteiger partial charge on any atom is -0.396 e. The molecule has 1 aromatic rings. The van der Waals surface area contributed by atoms with Crippen molar-refractivity contribution in [3.8, 4) is 0 Å². The van der Waals surface area contributed by atoms with E-state index in [0.29, 0.717) is 6.54 Å². The molecule has 0 bridgehead atoms. The van der Waals surface area contributed by atoms with E-state index in [9.17, 15) is 5.11 Å². The Kier molecular flexibility index (Phi) is 2.80.